The molecule has 1 heterocycles. The molecule has 0 spiro atoms. The summed E-state index contributed by atoms with van der Waals surface area (Å²) in [5, 5.41) is 13.8. The molecule has 0 aliphatic carbocycles. The summed E-state index contributed by atoms with van der Waals surface area (Å²) in [4.78, 5) is 3.25. The van der Waals surface area contributed by atoms with Crippen molar-refractivity contribution in [2.24, 2.45) is 0 Å². The van der Waals surface area contributed by atoms with E-state index < -0.39 is 0 Å². The summed E-state index contributed by atoms with van der Waals surface area (Å²) in [6.45, 7) is 1.54. The number of para-hydroxylation sites is 1. The van der Waals surface area contributed by atoms with Crippen molar-refractivity contribution in [1.82, 2.24) is 10.3 Å². The molecule has 3 N–H and O–H groups in total. The van der Waals surface area contributed by atoms with Gasteiger partial charge >= 0.3 is 0 Å². The monoisotopic (exact) mass is 248 g/mol. The van der Waals surface area contributed by atoms with Crippen LogP contribution in [0.3, 0.4) is 0 Å². The van der Waals surface area contributed by atoms with Gasteiger partial charge in [-0.25, -0.2) is 0 Å². The van der Waals surface area contributed by atoms with E-state index >= 15 is 0 Å². The number of aliphatic hydroxyl groups is 1. The van der Waals surface area contributed by atoms with Gasteiger partial charge in [-0.05, 0) is 18.1 Å². The Balaban J connectivity index is 1.96. The highest BCUT2D eigenvalue weighted by Gasteiger charge is 2.08. The Morgan fingerprint density at radius 2 is 2.22 bits per heavy atom. The van der Waals surface area contributed by atoms with E-state index in [0.717, 1.165) is 18.5 Å². The second kappa shape index (κ2) is 6.54. The normalized spacial score (nSPS) is 13.0. The lowest BCUT2D eigenvalue weighted by atomic mass is 10.1. The Morgan fingerprint density at radius 1 is 1.39 bits per heavy atom. The van der Waals surface area contributed by atoms with Crippen molar-refractivity contribution >= 4 is 10.9 Å². The number of methoxy groups -OCH3 is 1. The molecule has 1 aromatic carbocycles. The molecule has 1 unspecified atom stereocenters. The Morgan fingerprint density at radius 3 is 3.00 bits per heavy atom. The molecule has 0 aliphatic rings. The SMILES string of the molecule is COCCC(CO)NCc1c[nH]c2ccccc12. The van der Waals surface area contributed by atoms with Gasteiger partial charge in [0.15, 0.2) is 0 Å². The number of aliphatic hydroxyl groups excluding tert-OH is 1. The third kappa shape index (κ3) is 3.10. The number of aromatic nitrogens is 1. The number of ether oxygens (including phenoxy) is 1. The third-order valence-corrected chi connectivity index (χ3v) is 3.15. The van der Waals surface area contributed by atoms with Crippen molar-refractivity contribution < 1.29 is 9.84 Å². The Kier molecular flexibility index (Phi) is 4.75. The highest BCUT2D eigenvalue weighted by molar-refractivity contribution is 5.82. The average Bonchev–Trinajstić information content (AvgIpc) is 2.82. The predicted molar refractivity (Wildman–Crippen MR) is 72.5 cm³/mol. The number of nitrogens with one attached hydrogen (secondary N) is 2. The molecule has 0 aliphatic heterocycles. The minimum atomic E-state index is 0.0820. The maximum Gasteiger partial charge on any atom is 0.0585 e. The van der Waals surface area contributed by atoms with Crippen molar-refractivity contribution in [2.45, 2.75) is 19.0 Å². The van der Waals surface area contributed by atoms with Crippen LogP contribution in [0.5, 0.6) is 0 Å². The van der Waals surface area contributed by atoms with Crippen LogP contribution < -0.4 is 5.32 Å². The van der Waals surface area contributed by atoms with Gasteiger partial charge in [0, 0.05) is 43.4 Å². The molecule has 2 aromatic rings. The zero-order valence-corrected chi connectivity index (χ0v) is 10.6. The van der Waals surface area contributed by atoms with E-state index in [9.17, 15) is 5.11 Å². The molecule has 2 rings (SSSR count). The van der Waals surface area contributed by atoms with Gasteiger partial charge in [-0.15, -0.1) is 0 Å². The van der Waals surface area contributed by atoms with Crippen LogP contribution >= 0.6 is 0 Å². The molecule has 98 valence electrons. The van der Waals surface area contributed by atoms with E-state index in [0.29, 0.717) is 6.61 Å². The molecular weight excluding hydrogens is 228 g/mol. The van der Waals surface area contributed by atoms with Crippen molar-refractivity contribution in [2.75, 3.05) is 20.3 Å². The highest BCUT2D eigenvalue weighted by atomic mass is 16.5. The summed E-state index contributed by atoms with van der Waals surface area (Å²) in [6.07, 6.45) is 2.83. The fourth-order valence-electron chi connectivity index (χ4n) is 2.05. The topological polar surface area (TPSA) is 57.3 Å². The van der Waals surface area contributed by atoms with E-state index in [1.54, 1.807) is 7.11 Å². The van der Waals surface area contributed by atoms with Crippen LogP contribution in [0.25, 0.3) is 10.9 Å². The molecular formula is C14H20N2O2. The Labute approximate surface area is 107 Å². The quantitative estimate of drug-likeness (QED) is 0.698. The highest BCUT2D eigenvalue weighted by Crippen LogP contribution is 2.17. The second-order valence-electron chi connectivity index (χ2n) is 4.40. The van der Waals surface area contributed by atoms with Crippen LogP contribution in [0.4, 0.5) is 0 Å². The van der Waals surface area contributed by atoms with Crippen LogP contribution in [0.2, 0.25) is 0 Å². The largest absolute Gasteiger partial charge is 0.395 e. The number of H-pyrrole nitrogens is 1. The zero-order chi connectivity index (χ0) is 12.8. The molecule has 4 heteroatoms. The Hall–Kier alpha value is -1.36. The summed E-state index contributed by atoms with van der Waals surface area (Å²) in [7, 11) is 1.67. The van der Waals surface area contributed by atoms with Gasteiger partial charge < -0.3 is 20.1 Å². The molecule has 18 heavy (non-hydrogen) atoms. The van der Waals surface area contributed by atoms with Gasteiger partial charge in [0.2, 0.25) is 0 Å². The summed E-state index contributed by atoms with van der Waals surface area (Å²) < 4.78 is 5.02. The molecule has 4 nitrogen and oxygen atoms in total. The number of aromatic amines is 1. The first-order valence-corrected chi connectivity index (χ1v) is 6.23. The van der Waals surface area contributed by atoms with Crippen LogP contribution in [0.15, 0.2) is 30.5 Å². The van der Waals surface area contributed by atoms with Crippen molar-refractivity contribution in [3.05, 3.63) is 36.0 Å². The Bertz CT molecular complexity index is 481. The molecule has 1 atom stereocenters. The first-order chi connectivity index (χ1) is 8.85. The third-order valence-electron chi connectivity index (χ3n) is 3.15. The van der Waals surface area contributed by atoms with Gasteiger partial charge in [-0.2, -0.15) is 0 Å². The molecule has 1 aromatic heterocycles. The van der Waals surface area contributed by atoms with Gasteiger partial charge in [0.05, 0.1) is 6.61 Å². The minimum Gasteiger partial charge on any atom is -0.395 e. The van der Waals surface area contributed by atoms with E-state index in [1.165, 1.54) is 10.9 Å². The molecule has 0 saturated heterocycles. The standard InChI is InChI=1S/C14H20N2O2/c1-18-7-6-12(10-17)15-8-11-9-16-14-5-3-2-4-13(11)14/h2-5,9,12,15-17H,6-8,10H2,1H3. The number of hydrogen-bond acceptors (Lipinski definition) is 3. The maximum absolute atomic E-state index is 9.27. The molecule has 0 bridgehead atoms. The van der Waals surface area contributed by atoms with Crippen LogP contribution in [-0.2, 0) is 11.3 Å². The van der Waals surface area contributed by atoms with Gasteiger partial charge in [-0.1, -0.05) is 18.2 Å². The summed E-state index contributed by atoms with van der Waals surface area (Å²) in [5.74, 6) is 0. The minimum absolute atomic E-state index is 0.0820. The van der Waals surface area contributed by atoms with Gasteiger partial charge in [0.25, 0.3) is 0 Å². The summed E-state index contributed by atoms with van der Waals surface area (Å²) >= 11 is 0. The first kappa shape index (κ1) is 13.1. The van der Waals surface area contributed by atoms with E-state index in [4.69, 9.17) is 4.74 Å². The molecule has 0 radical (unpaired) electrons. The van der Waals surface area contributed by atoms with E-state index in [2.05, 4.69) is 22.4 Å². The lowest BCUT2D eigenvalue weighted by Gasteiger charge is -2.15. The summed E-state index contributed by atoms with van der Waals surface area (Å²) in [5.41, 5.74) is 2.37. The molecule has 0 amide bonds. The number of fused-ring (bicyclic) bond motifs is 1. The molecule has 0 fully saturated rings. The van der Waals surface area contributed by atoms with Crippen LogP contribution in [0.1, 0.15) is 12.0 Å². The predicted octanol–water partition coefficient (Wildman–Crippen LogP) is 1.65. The van der Waals surface area contributed by atoms with Crippen molar-refractivity contribution in [3.8, 4) is 0 Å². The first-order valence-electron chi connectivity index (χ1n) is 6.23. The van der Waals surface area contributed by atoms with Crippen LogP contribution in [0, 0.1) is 0 Å². The fourth-order valence-corrected chi connectivity index (χ4v) is 2.05. The van der Waals surface area contributed by atoms with Crippen molar-refractivity contribution in [3.63, 3.8) is 0 Å². The summed E-state index contributed by atoms with van der Waals surface area (Å²) in [6, 6.07) is 8.30. The van der Waals surface area contributed by atoms with Crippen LogP contribution in [-0.4, -0.2) is 36.5 Å². The van der Waals surface area contributed by atoms with E-state index in [-0.39, 0.29) is 12.6 Å². The second-order valence-corrected chi connectivity index (χ2v) is 4.40. The molecule has 0 saturated carbocycles. The lowest BCUT2D eigenvalue weighted by molar-refractivity contribution is 0.159. The fraction of sp³-hybridized carbons (Fsp3) is 0.429. The van der Waals surface area contributed by atoms with Gasteiger partial charge in [-0.3, -0.25) is 0 Å². The lowest BCUT2D eigenvalue weighted by Crippen LogP contribution is -2.33. The maximum atomic E-state index is 9.27. The zero-order valence-electron chi connectivity index (χ0n) is 10.6. The van der Waals surface area contributed by atoms with Crippen molar-refractivity contribution in [1.29, 1.82) is 0 Å². The number of benzene rings is 1. The smallest absolute Gasteiger partial charge is 0.0585 e. The number of hydrogen-bond donors (Lipinski definition) is 3. The van der Waals surface area contributed by atoms with Gasteiger partial charge in [0.1, 0.15) is 0 Å². The number of rotatable bonds is 7. The van der Waals surface area contributed by atoms with E-state index in [1.807, 2.05) is 18.3 Å². The average molecular weight is 248 g/mol.